The lowest BCUT2D eigenvalue weighted by molar-refractivity contribution is -0.712. The molecule has 45 heavy (non-hydrogen) atoms. The number of halogens is 3. The predicted octanol–water partition coefficient (Wildman–Crippen LogP) is 4.57. The Morgan fingerprint density at radius 3 is 2.33 bits per heavy atom. The highest BCUT2D eigenvalue weighted by atomic mass is 32.2. The minimum absolute atomic E-state index is 0.122. The number of methoxy groups -OCH3 is 1. The molecular weight excluding hydrogens is 625 g/mol. The number of carbonyl (C=O) groups excluding carboxylic acids is 2. The number of ether oxygens (including phenoxy) is 2. The first-order chi connectivity index (χ1) is 21.1. The van der Waals surface area contributed by atoms with E-state index >= 15 is 0 Å². The zero-order valence-electron chi connectivity index (χ0n) is 24.8. The first-order valence-corrected chi connectivity index (χ1v) is 14.7. The molecule has 14 nitrogen and oxygen atoms in total. The summed E-state index contributed by atoms with van der Waals surface area (Å²) in [6, 6.07) is 11.0. The molecule has 1 amide bonds. The molecule has 0 aliphatic heterocycles. The number of aryl methyl sites for hydroxylation is 1. The van der Waals surface area contributed by atoms with Crippen molar-refractivity contribution >= 4 is 22.1 Å². The van der Waals surface area contributed by atoms with Crippen LogP contribution in [0.1, 0.15) is 31.5 Å². The van der Waals surface area contributed by atoms with Gasteiger partial charge in [-0.3, -0.25) is 4.79 Å². The molecule has 0 aliphatic carbocycles. The highest BCUT2D eigenvalue weighted by Gasteiger charge is 2.37. The quantitative estimate of drug-likeness (QED) is 0.0728. The van der Waals surface area contributed by atoms with Crippen LogP contribution < -0.4 is 4.72 Å². The van der Waals surface area contributed by atoms with E-state index in [2.05, 4.69) is 24.7 Å². The molecule has 0 radical (unpaired) electrons. The van der Waals surface area contributed by atoms with Crippen LogP contribution in [0.3, 0.4) is 0 Å². The minimum atomic E-state index is -4.73. The highest BCUT2D eigenvalue weighted by Crippen LogP contribution is 2.33. The third-order valence-corrected chi connectivity index (χ3v) is 7.98. The number of amides is 1. The van der Waals surface area contributed by atoms with Crippen LogP contribution in [0.5, 0.6) is 0 Å². The van der Waals surface area contributed by atoms with E-state index in [4.69, 9.17) is 0 Å². The molecule has 3 aromatic rings. The van der Waals surface area contributed by atoms with Crippen LogP contribution in [-0.4, -0.2) is 67.2 Å². The lowest BCUT2D eigenvalue weighted by Gasteiger charge is -2.27. The number of nitrogens with one attached hydrogen (secondary N) is 1. The van der Waals surface area contributed by atoms with Gasteiger partial charge in [0.05, 0.1) is 35.4 Å². The molecular formula is C27H31F3N6O8S. The normalized spacial score (nSPS) is 13.5. The van der Waals surface area contributed by atoms with Gasteiger partial charge >= 0.3 is 12.3 Å². The number of hydrogen-bond acceptors (Lipinski definition) is 10. The summed E-state index contributed by atoms with van der Waals surface area (Å²) in [4.78, 5) is 28.2. The fourth-order valence-corrected chi connectivity index (χ4v) is 5.05. The van der Waals surface area contributed by atoms with Crippen molar-refractivity contribution in [2.75, 3.05) is 21.0 Å². The number of alkyl halides is 3. The van der Waals surface area contributed by atoms with Crippen molar-refractivity contribution in [3.8, 4) is 16.9 Å². The Kier molecular flexibility index (Phi) is 11.0. The second kappa shape index (κ2) is 14.3. The topological polar surface area (TPSA) is 167 Å². The Labute approximate surface area is 256 Å². The average Bonchev–Trinajstić information content (AvgIpc) is 3.45. The van der Waals surface area contributed by atoms with Crippen molar-refractivity contribution < 1.29 is 50.5 Å². The van der Waals surface area contributed by atoms with Gasteiger partial charge in [0, 0.05) is 5.56 Å². The van der Waals surface area contributed by atoms with Crippen LogP contribution in [0.15, 0.2) is 64.8 Å². The van der Waals surface area contributed by atoms with Crippen LogP contribution >= 0.6 is 0 Å². The lowest BCUT2D eigenvalue weighted by Crippen LogP contribution is -2.52. The summed E-state index contributed by atoms with van der Waals surface area (Å²) in [6.45, 7) is 4.37. The van der Waals surface area contributed by atoms with Gasteiger partial charge < -0.3 is 19.5 Å². The van der Waals surface area contributed by atoms with E-state index in [-0.39, 0.29) is 21.2 Å². The summed E-state index contributed by atoms with van der Waals surface area (Å²) >= 11 is 0. The average molecular weight is 657 g/mol. The Morgan fingerprint density at radius 1 is 1.16 bits per heavy atom. The summed E-state index contributed by atoms with van der Waals surface area (Å²) in [5.74, 6) is -1.63. The maximum Gasteiger partial charge on any atom is 0.510 e. The smallest absolute Gasteiger partial charge is 0.510 e. The van der Waals surface area contributed by atoms with Crippen molar-refractivity contribution in [2.24, 2.45) is 11.2 Å². The Hall–Kier alpha value is -4.87. The summed E-state index contributed by atoms with van der Waals surface area (Å²) in [6.07, 6.45) is -5.47. The zero-order chi connectivity index (χ0) is 33.5. The van der Waals surface area contributed by atoms with Gasteiger partial charge in [0.2, 0.25) is 5.28 Å². The van der Waals surface area contributed by atoms with Gasteiger partial charge in [0.15, 0.2) is 11.7 Å². The molecule has 244 valence electrons. The number of carbonyl (C=O) groups is 2. The molecule has 0 saturated carbocycles. The van der Waals surface area contributed by atoms with E-state index in [1.807, 2.05) is 11.6 Å². The maximum absolute atomic E-state index is 13.5. The molecule has 1 heterocycles. The highest BCUT2D eigenvalue weighted by molar-refractivity contribution is 7.90. The number of rotatable bonds is 12. The van der Waals surface area contributed by atoms with Crippen LogP contribution in [0, 0.1) is 18.0 Å². The van der Waals surface area contributed by atoms with Crippen molar-refractivity contribution in [1.29, 1.82) is 0 Å². The third-order valence-electron chi connectivity index (χ3n) is 6.62. The summed E-state index contributed by atoms with van der Waals surface area (Å²) < 4.78 is 78.5. The SMILES string of the molecule is CC[C@@H](C)[C@@H](C(=O)NS(=O)(=O)c1ccc(-n2nc(C(F)(F)F)cc2-c2ccc(C)cc2)cc1)N(C)/[N+]([O-])=N/OCOC(=O)OC. The predicted molar refractivity (Wildman–Crippen MR) is 151 cm³/mol. The molecule has 0 saturated heterocycles. The van der Waals surface area contributed by atoms with Crippen molar-refractivity contribution in [2.45, 2.75) is 44.3 Å². The molecule has 2 atom stereocenters. The number of likely N-dealkylation sites (N-methyl/N-ethyl adjacent to an activating group) is 1. The lowest BCUT2D eigenvalue weighted by atomic mass is 9.98. The first-order valence-electron chi connectivity index (χ1n) is 13.2. The molecule has 2 aromatic carbocycles. The second-order valence-corrected chi connectivity index (χ2v) is 11.4. The van der Waals surface area contributed by atoms with Gasteiger partial charge in [-0.05, 0) is 43.2 Å². The number of hydrogen-bond donors (Lipinski definition) is 1. The van der Waals surface area contributed by atoms with Gasteiger partial charge in [-0.1, -0.05) is 50.1 Å². The Bertz CT molecular complexity index is 1630. The number of benzene rings is 2. The largest absolute Gasteiger partial charge is 0.569 e. The molecule has 0 aliphatic rings. The first kappa shape index (κ1) is 34.6. The maximum atomic E-state index is 13.5. The number of aromatic nitrogens is 2. The van der Waals surface area contributed by atoms with E-state index in [1.165, 1.54) is 19.2 Å². The molecule has 0 spiro atoms. The van der Waals surface area contributed by atoms with E-state index < -0.39 is 52.7 Å². The molecule has 0 fully saturated rings. The molecule has 3 rings (SSSR count). The van der Waals surface area contributed by atoms with E-state index in [9.17, 15) is 36.4 Å². The van der Waals surface area contributed by atoms with Crippen LogP contribution in [0.2, 0.25) is 0 Å². The second-order valence-electron chi connectivity index (χ2n) is 9.74. The van der Waals surface area contributed by atoms with Gasteiger partial charge in [-0.25, -0.2) is 22.6 Å². The fourth-order valence-electron chi connectivity index (χ4n) is 4.05. The standard InChI is InChI=1S/C27H31F3N6O8S/c1-6-18(3)24(34(4)36(39)33-44-16-43-26(38)42-5)25(37)32-45(40,41)21-13-11-20(12-14-21)35-22(15-23(31-35)27(28,29)30)19-9-7-17(2)8-10-19/h7-15,18,24H,6,16H2,1-5H3,(H,32,37)/b36-33-/t18-,24+/m1/s1. The molecule has 18 heteroatoms. The van der Waals surface area contributed by atoms with Crippen LogP contribution in [0.25, 0.3) is 16.9 Å². The summed E-state index contributed by atoms with van der Waals surface area (Å²) in [7, 11) is -2.29. The third kappa shape index (κ3) is 8.62. The molecule has 1 N–H and O–H groups in total. The Morgan fingerprint density at radius 2 is 1.78 bits per heavy atom. The van der Waals surface area contributed by atoms with Gasteiger partial charge in [-0.15, -0.1) is 5.01 Å². The van der Waals surface area contributed by atoms with Crippen molar-refractivity contribution in [3.63, 3.8) is 0 Å². The van der Waals surface area contributed by atoms with E-state index in [0.29, 0.717) is 12.0 Å². The Balaban J connectivity index is 1.85. The van der Waals surface area contributed by atoms with Crippen molar-refractivity contribution in [3.05, 3.63) is 71.1 Å². The number of hydrazine groups is 1. The van der Waals surface area contributed by atoms with Gasteiger partial charge in [0.1, 0.15) is 0 Å². The zero-order valence-corrected chi connectivity index (χ0v) is 25.6. The molecule has 0 bridgehead atoms. The van der Waals surface area contributed by atoms with Gasteiger partial charge in [0.25, 0.3) is 22.7 Å². The monoisotopic (exact) mass is 656 g/mol. The minimum Gasteiger partial charge on any atom is -0.569 e. The summed E-state index contributed by atoms with van der Waals surface area (Å²) in [5.41, 5.74) is 0.466. The van der Waals surface area contributed by atoms with Crippen molar-refractivity contribution in [1.82, 2.24) is 19.5 Å². The summed E-state index contributed by atoms with van der Waals surface area (Å²) in [5, 5.41) is 20.1. The van der Waals surface area contributed by atoms with E-state index in [1.54, 1.807) is 38.1 Å². The van der Waals surface area contributed by atoms with Gasteiger partial charge in [-0.2, -0.15) is 18.3 Å². The molecule has 1 aromatic heterocycles. The van der Waals surface area contributed by atoms with Crippen LogP contribution in [0.4, 0.5) is 18.0 Å². The number of sulfonamides is 1. The number of nitrogens with zero attached hydrogens (tertiary/aromatic N) is 5. The van der Waals surface area contributed by atoms with E-state index in [0.717, 1.165) is 40.6 Å². The van der Waals surface area contributed by atoms with Crippen LogP contribution in [-0.2, 0) is 35.3 Å². The molecule has 0 unspecified atom stereocenters. The fraction of sp³-hybridized carbons (Fsp3) is 0.370.